The van der Waals surface area contributed by atoms with Gasteiger partial charge in [0.25, 0.3) is 5.91 Å². The second-order valence-electron chi connectivity index (χ2n) is 7.39. The molecule has 2 N–H and O–H groups in total. The second-order valence-corrected chi connectivity index (χ2v) is 7.39. The maximum absolute atomic E-state index is 12.8. The summed E-state index contributed by atoms with van der Waals surface area (Å²) < 4.78 is 0. The van der Waals surface area contributed by atoms with Crippen molar-refractivity contribution >= 4 is 17.5 Å². The van der Waals surface area contributed by atoms with Gasteiger partial charge in [-0.25, -0.2) is 4.98 Å². The summed E-state index contributed by atoms with van der Waals surface area (Å²) in [5.74, 6) is 0.339. The van der Waals surface area contributed by atoms with Gasteiger partial charge in [-0.1, -0.05) is 30.4 Å². The first-order valence-corrected chi connectivity index (χ1v) is 9.44. The van der Waals surface area contributed by atoms with Crippen LogP contribution in [-0.4, -0.2) is 47.8 Å². The number of amides is 1. The lowest BCUT2D eigenvalue weighted by atomic mass is 9.91. The van der Waals surface area contributed by atoms with E-state index in [1.54, 1.807) is 24.4 Å². The molecule has 2 unspecified atom stereocenters. The number of fused-ring (bicyclic) bond motifs is 1. The molecule has 0 radical (unpaired) electrons. The maximum atomic E-state index is 12.8. The number of nitrogens with zero attached hydrogens (tertiary/aromatic N) is 2. The summed E-state index contributed by atoms with van der Waals surface area (Å²) in [6.07, 6.45) is 11.5. The molecule has 0 saturated carbocycles. The van der Waals surface area contributed by atoms with Crippen LogP contribution in [0.1, 0.15) is 23.3 Å². The number of piperidine rings is 1. The average molecular weight is 364 g/mol. The second kappa shape index (κ2) is 7.48. The summed E-state index contributed by atoms with van der Waals surface area (Å²) in [7, 11) is 2.07. The third-order valence-corrected chi connectivity index (χ3v) is 5.52. The van der Waals surface area contributed by atoms with Crippen molar-refractivity contribution in [2.24, 2.45) is 11.8 Å². The first kappa shape index (κ1) is 17.7. The van der Waals surface area contributed by atoms with E-state index >= 15 is 0 Å². The van der Waals surface area contributed by atoms with E-state index in [0.717, 1.165) is 25.9 Å². The Bertz CT molecular complexity index is 834. The minimum atomic E-state index is -0.189. The monoisotopic (exact) mass is 364 g/mol. The largest absolute Gasteiger partial charge is 0.383 e. The predicted molar refractivity (Wildman–Crippen MR) is 104 cm³/mol. The molecule has 2 aliphatic heterocycles. The van der Waals surface area contributed by atoms with Gasteiger partial charge in [-0.2, -0.15) is 0 Å². The van der Waals surface area contributed by atoms with Crippen LogP contribution in [0.4, 0.5) is 5.82 Å². The van der Waals surface area contributed by atoms with Gasteiger partial charge in [-0.15, -0.1) is 0 Å². The molecule has 1 fully saturated rings. The van der Waals surface area contributed by atoms with Gasteiger partial charge in [0.05, 0.1) is 6.04 Å². The number of allylic oxidation sites excluding steroid dienone is 2. The van der Waals surface area contributed by atoms with Crippen LogP contribution in [0.15, 0.2) is 54.3 Å². The van der Waals surface area contributed by atoms with E-state index in [2.05, 4.69) is 27.6 Å². The van der Waals surface area contributed by atoms with Gasteiger partial charge < -0.3 is 15.5 Å². The maximum Gasteiger partial charge on any atom is 0.254 e. The van der Waals surface area contributed by atoms with Gasteiger partial charge in [0.15, 0.2) is 5.78 Å². The predicted octanol–water partition coefficient (Wildman–Crippen LogP) is 2.14. The number of pyridine rings is 1. The van der Waals surface area contributed by atoms with Crippen LogP contribution in [0, 0.1) is 11.8 Å². The van der Waals surface area contributed by atoms with E-state index in [1.165, 1.54) is 0 Å². The van der Waals surface area contributed by atoms with E-state index in [0.29, 0.717) is 17.1 Å². The summed E-state index contributed by atoms with van der Waals surface area (Å²) in [6.45, 7) is 1.86. The van der Waals surface area contributed by atoms with Gasteiger partial charge in [0.2, 0.25) is 0 Å². The minimum Gasteiger partial charge on any atom is -0.383 e. The SMILES string of the molecule is CN1CCC(C(=O)c2cccc(NC(=O)C3=CNC4C=CC=CC34)n2)CC1. The van der Waals surface area contributed by atoms with Crippen LogP contribution in [0.2, 0.25) is 0 Å². The molecule has 1 saturated heterocycles. The summed E-state index contributed by atoms with van der Waals surface area (Å²) >= 11 is 0. The van der Waals surface area contributed by atoms with Crippen LogP contribution in [0.3, 0.4) is 0 Å². The van der Waals surface area contributed by atoms with Crippen molar-refractivity contribution in [2.45, 2.75) is 18.9 Å². The summed E-state index contributed by atoms with van der Waals surface area (Å²) in [5, 5.41) is 6.06. The number of rotatable bonds is 4. The smallest absolute Gasteiger partial charge is 0.254 e. The number of likely N-dealkylation sites (tertiary alicyclic amines) is 1. The zero-order valence-electron chi connectivity index (χ0n) is 15.4. The fourth-order valence-corrected chi connectivity index (χ4v) is 3.87. The quantitative estimate of drug-likeness (QED) is 0.801. The lowest BCUT2D eigenvalue weighted by molar-refractivity contribution is -0.113. The number of aromatic nitrogens is 1. The highest BCUT2D eigenvalue weighted by molar-refractivity contribution is 6.05. The molecule has 3 heterocycles. The first-order chi connectivity index (χ1) is 13.1. The van der Waals surface area contributed by atoms with Crippen molar-refractivity contribution < 1.29 is 9.59 Å². The Kier molecular flexibility index (Phi) is 4.90. The molecule has 140 valence electrons. The number of Topliss-reactive ketones (excluding diaryl/α,β-unsaturated/α-hetero) is 1. The number of anilines is 1. The number of ketones is 1. The Morgan fingerprint density at radius 3 is 2.78 bits per heavy atom. The first-order valence-electron chi connectivity index (χ1n) is 9.44. The Labute approximate surface area is 159 Å². The molecule has 2 atom stereocenters. The molecule has 1 aliphatic carbocycles. The number of hydrogen-bond donors (Lipinski definition) is 2. The molecule has 0 bridgehead atoms. The van der Waals surface area contributed by atoms with Crippen molar-refractivity contribution in [2.75, 3.05) is 25.5 Å². The van der Waals surface area contributed by atoms with E-state index in [1.807, 2.05) is 24.3 Å². The molecular formula is C21H24N4O2. The molecule has 0 spiro atoms. The highest BCUT2D eigenvalue weighted by Crippen LogP contribution is 2.27. The highest BCUT2D eigenvalue weighted by Gasteiger charge is 2.31. The third kappa shape index (κ3) is 3.71. The molecule has 1 aromatic rings. The average Bonchev–Trinajstić information content (AvgIpc) is 3.12. The lowest BCUT2D eigenvalue weighted by Gasteiger charge is -2.27. The van der Waals surface area contributed by atoms with Crippen molar-refractivity contribution in [3.63, 3.8) is 0 Å². The van der Waals surface area contributed by atoms with E-state index in [4.69, 9.17) is 0 Å². The van der Waals surface area contributed by atoms with E-state index in [-0.39, 0.29) is 29.6 Å². The van der Waals surface area contributed by atoms with Crippen molar-refractivity contribution in [3.05, 3.63) is 60.0 Å². The molecule has 3 aliphatic rings. The van der Waals surface area contributed by atoms with Gasteiger partial charge in [-0.05, 0) is 45.1 Å². The molecule has 4 rings (SSSR count). The Hall–Kier alpha value is -2.73. The molecule has 27 heavy (non-hydrogen) atoms. The van der Waals surface area contributed by atoms with Crippen molar-refractivity contribution in [1.29, 1.82) is 0 Å². The molecule has 1 amide bonds. The van der Waals surface area contributed by atoms with Gasteiger partial charge in [0.1, 0.15) is 11.5 Å². The Morgan fingerprint density at radius 2 is 1.96 bits per heavy atom. The van der Waals surface area contributed by atoms with Crippen LogP contribution < -0.4 is 10.6 Å². The number of carbonyl (C=O) groups is 2. The van der Waals surface area contributed by atoms with Crippen LogP contribution in [0.25, 0.3) is 0 Å². The zero-order valence-corrected chi connectivity index (χ0v) is 15.4. The fourth-order valence-electron chi connectivity index (χ4n) is 3.87. The zero-order chi connectivity index (χ0) is 18.8. The molecule has 6 heteroatoms. The van der Waals surface area contributed by atoms with E-state index in [9.17, 15) is 9.59 Å². The Morgan fingerprint density at radius 1 is 1.19 bits per heavy atom. The standard InChI is InChI=1S/C21H24N4O2/c1-25-11-9-14(10-12-25)20(26)18-7-4-8-19(23-18)24-21(27)16-13-22-17-6-3-2-5-15(16)17/h2-8,13-15,17,22H,9-12H2,1H3,(H,23,24,27). The topological polar surface area (TPSA) is 74.3 Å². The van der Waals surface area contributed by atoms with Gasteiger partial charge >= 0.3 is 0 Å². The fraction of sp³-hybridized carbons (Fsp3) is 0.381. The van der Waals surface area contributed by atoms with Crippen LogP contribution >= 0.6 is 0 Å². The van der Waals surface area contributed by atoms with Crippen molar-refractivity contribution in [3.8, 4) is 0 Å². The molecular weight excluding hydrogens is 340 g/mol. The third-order valence-electron chi connectivity index (χ3n) is 5.52. The molecule has 1 aromatic heterocycles. The summed E-state index contributed by atoms with van der Waals surface area (Å²) in [4.78, 5) is 32.1. The molecule has 0 aromatic carbocycles. The number of carbonyl (C=O) groups excluding carboxylic acids is 2. The number of hydrogen-bond acceptors (Lipinski definition) is 5. The number of nitrogens with one attached hydrogen (secondary N) is 2. The minimum absolute atomic E-state index is 0.0151. The summed E-state index contributed by atoms with van der Waals surface area (Å²) in [5.41, 5.74) is 1.11. The van der Waals surface area contributed by atoms with E-state index < -0.39 is 0 Å². The van der Waals surface area contributed by atoms with Crippen molar-refractivity contribution in [1.82, 2.24) is 15.2 Å². The lowest BCUT2D eigenvalue weighted by Crippen LogP contribution is -2.33. The van der Waals surface area contributed by atoms with Gasteiger partial charge in [-0.3, -0.25) is 9.59 Å². The van der Waals surface area contributed by atoms with Gasteiger partial charge in [0, 0.05) is 23.6 Å². The highest BCUT2D eigenvalue weighted by atomic mass is 16.2. The molecule has 6 nitrogen and oxygen atoms in total. The normalized spacial score (nSPS) is 24.9. The van der Waals surface area contributed by atoms with Crippen LogP contribution in [-0.2, 0) is 4.79 Å². The Balaban J connectivity index is 1.44. The van der Waals surface area contributed by atoms with Crippen LogP contribution in [0.5, 0.6) is 0 Å². The summed E-state index contributed by atoms with van der Waals surface area (Å²) in [6, 6.07) is 5.36.